The first kappa shape index (κ1) is 20.0. The number of rotatable bonds is 4. The maximum Gasteiger partial charge on any atom is 0.250 e. The average Bonchev–Trinajstić information content (AvgIpc) is 2.65. The van der Waals surface area contributed by atoms with E-state index in [1.807, 2.05) is 0 Å². The van der Waals surface area contributed by atoms with Crippen molar-refractivity contribution >= 4 is 51.7 Å². The van der Waals surface area contributed by atoms with E-state index >= 15 is 0 Å². The molecule has 144 valence electrons. The summed E-state index contributed by atoms with van der Waals surface area (Å²) in [7, 11) is 0. The van der Waals surface area contributed by atoms with Crippen LogP contribution in [0.25, 0.3) is 0 Å². The number of amides is 2. The Morgan fingerprint density at radius 3 is 2.68 bits per heavy atom. The van der Waals surface area contributed by atoms with Gasteiger partial charge in [0.15, 0.2) is 5.17 Å². The molecule has 0 bridgehead atoms. The van der Waals surface area contributed by atoms with Crippen molar-refractivity contribution in [1.29, 1.82) is 5.41 Å². The summed E-state index contributed by atoms with van der Waals surface area (Å²) in [5.74, 6) is -1.22. The lowest BCUT2D eigenvalue weighted by Crippen LogP contribution is -2.42. The molecule has 3 rings (SSSR count). The van der Waals surface area contributed by atoms with Gasteiger partial charge in [0.2, 0.25) is 5.91 Å². The zero-order valence-electron chi connectivity index (χ0n) is 14.8. The molecule has 9 heteroatoms. The van der Waals surface area contributed by atoms with E-state index in [1.54, 1.807) is 43.3 Å². The van der Waals surface area contributed by atoms with Crippen molar-refractivity contribution in [3.05, 3.63) is 64.9 Å². The SMILES string of the molecule is CC(=NN1C(=N)S[C@H](C(=O)Nc2cccc(Cl)c2)CC1=O)c1ccc(F)cc1. The lowest BCUT2D eigenvalue weighted by atomic mass is 10.1. The first-order valence-electron chi connectivity index (χ1n) is 8.29. The number of anilines is 1. The Bertz CT molecular complexity index is 947. The van der Waals surface area contributed by atoms with E-state index in [4.69, 9.17) is 17.0 Å². The summed E-state index contributed by atoms with van der Waals surface area (Å²) in [6.45, 7) is 1.66. The Labute approximate surface area is 170 Å². The van der Waals surface area contributed by atoms with Crippen LogP contribution in [0.2, 0.25) is 5.02 Å². The quantitative estimate of drug-likeness (QED) is 0.732. The van der Waals surface area contributed by atoms with Crippen LogP contribution in [0, 0.1) is 11.2 Å². The van der Waals surface area contributed by atoms with Gasteiger partial charge >= 0.3 is 0 Å². The fraction of sp³-hybridized carbons (Fsp3) is 0.158. The van der Waals surface area contributed by atoms with Gasteiger partial charge in [0.1, 0.15) is 11.1 Å². The Kier molecular flexibility index (Phi) is 6.11. The van der Waals surface area contributed by atoms with Crippen LogP contribution in [0.3, 0.4) is 0 Å². The van der Waals surface area contributed by atoms with Crippen molar-refractivity contribution in [3.63, 3.8) is 0 Å². The van der Waals surface area contributed by atoms with Gasteiger partial charge in [0.05, 0.1) is 12.1 Å². The number of halogens is 2. The summed E-state index contributed by atoms with van der Waals surface area (Å²) in [6, 6.07) is 12.3. The van der Waals surface area contributed by atoms with E-state index in [0.29, 0.717) is 22.0 Å². The van der Waals surface area contributed by atoms with Gasteiger partial charge in [-0.15, -0.1) is 0 Å². The summed E-state index contributed by atoms with van der Waals surface area (Å²) >= 11 is 6.85. The Balaban J connectivity index is 1.69. The second kappa shape index (κ2) is 8.53. The molecule has 1 saturated heterocycles. The van der Waals surface area contributed by atoms with E-state index in [-0.39, 0.29) is 23.3 Å². The number of carbonyl (C=O) groups is 2. The van der Waals surface area contributed by atoms with E-state index in [0.717, 1.165) is 16.8 Å². The number of hydrogen-bond acceptors (Lipinski definition) is 5. The van der Waals surface area contributed by atoms with Crippen LogP contribution in [0.15, 0.2) is 53.6 Å². The van der Waals surface area contributed by atoms with Gasteiger partial charge in [-0.25, -0.2) is 4.39 Å². The predicted molar refractivity (Wildman–Crippen MR) is 109 cm³/mol. The number of amidine groups is 1. The lowest BCUT2D eigenvalue weighted by molar-refractivity contribution is -0.129. The average molecular weight is 419 g/mol. The molecular formula is C19H16ClFN4O2S. The van der Waals surface area contributed by atoms with Gasteiger partial charge in [-0.2, -0.15) is 10.1 Å². The molecule has 28 heavy (non-hydrogen) atoms. The van der Waals surface area contributed by atoms with Crippen molar-refractivity contribution in [2.75, 3.05) is 5.32 Å². The number of benzene rings is 2. The maximum atomic E-state index is 13.0. The van der Waals surface area contributed by atoms with Crippen LogP contribution in [-0.4, -0.2) is 33.0 Å². The smallest absolute Gasteiger partial charge is 0.250 e. The minimum absolute atomic E-state index is 0.0976. The fourth-order valence-electron chi connectivity index (χ4n) is 2.52. The minimum Gasteiger partial charge on any atom is -0.325 e. The monoisotopic (exact) mass is 418 g/mol. The number of thioether (sulfide) groups is 1. The third-order valence-electron chi connectivity index (χ3n) is 3.94. The molecule has 0 saturated carbocycles. The molecule has 0 spiro atoms. The van der Waals surface area contributed by atoms with Crippen LogP contribution in [0.5, 0.6) is 0 Å². The highest BCUT2D eigenvalue weighted by molar-refractivity contribution is 8.14. The summed E-state index contributed by atoms with van der Waals surface area (Å²) in [4.78, 5) is 24.9. The molecule has 0 aliphatic carbocycles. The zero-order valence-corrected chi connectivity index (χ0v) is 16.4. The number of nitrogens with one attached hydrogen (secondary N) is 2. The van der Waals surface area contributed by atoms with Crippen LogP contribution >= 0.6 is 23.4 Å². The van der Waals surface area contributed by atoms with Gasteiger partial charge in [0.25, 0.3) is 5.91 Å². The first-order chi connectivity index (χ1) is 13.3. The highest BCUT2D eigenvalue weighted by atomic mass is 35.5. The molecule has 2 amide bonds. The number of hydrogen-bond donors (Lipinski definition) is 2. The molecular weight excluding hydrogens is 403 g/mol. The molecule has 0 unspecified atom stereocenters. The standard InChI is InChI=1S/C19H16ClFN4O2S/c1-11(12-5-7-14(21)8-6-12)24-25-17(26)10-16(28-19(25)22)18(27)23-15-4-2-3-13(20)9-15/h2-9,16,22H,10H2,1H3,(H,23,27)/t16-/m0/s1. The van der Waals surface area contributed by atoms with Gasteiger partial charge in [-0.3, -0.25) is 15.0 Å². The zero-order chi connectivity index (χ0) is 20.3. The van der Waals surface area contributed by atoms with Crippen molar-refractivity contribution in [1.82, 2.24) is 5.01 Å². The number of nitrogens with zero attached hydrogens (tertiary/aromatic N) is 2. The fourth-order valence-corrected chi connectivity index (χ4v) is 3.61. The van der Waals surface area contributed by atoms with Gasteiger partial charge in [0, 0.05) is 10.7 Å². The van der Waals surface area contributed by atoms with E-state index in [1.165, 1.54) is 12.1 Å². The number of carbonyl (C=O) groups excluding carboxylic acids is 2. The second-order valence-corrected chi connectivity index (χ2v) is 7.64. The molecule has 1 fully saturated rings. The summed E-state index contributed by atoms with van der Waals surface area (Å²) in [5.41, 5.74) is 1.61. The lowest BCUT2D eigenvalue weighted by Gasteiger charge is -2.27. The number of hydrazone groups is 1. The van der Waals surface area contributed by atoms with Crippen LogP contribution in [0.4, 0.5) is 10.1 Å². The van der Waals surface area contributed by atoms with Crippen molar-refractivity contribution in [3.8, 4) is 0 Å². The van der Waals surface area contributed by atoms with Crippen LogP contribution in [-0.2, 0) is 9.59 Å². The second-order valence-electron chi connectivity index (χ2n) is 6.01. The summed E-state index contributed by atoms with van der Waals surface area (Å²) < 4.78 is 13.0. The predicted octanol–water partition coefficient (Wildman–Crippen LogP) is 4.11. The van der Waals surface area contributed by atoms with Gasteiger partial charge in [-0.1, -0.05) is 41.6 Å². The highest BCUT2D eigenvalue weighted by Crippen LogP contribution is 2.27. The van der Waals surface area contributed by atoms with E-state index in [9.17, 15) is 14.0 Å². The molecule has 1 aliphatic rings. The minimum atomic E-state index is -0.739. The largest absolute Gasteiger partial charge is 0.325 e. The van der Waals surface area contributed by atoms with Gasteiger partial charge in [-0.05, 0) is 42.8 Å². The third-order valence-corrected chi connectivity index (χ3v) is 5.24. The molecule has 2 aromatic rings. The van der Waals surface area contributed by atoms with Crippen LogP contribution in [0.1, 0.15) is 18.9 Å². The molecule has 1 heterocycles. The van der Waals surface area contributed by atoms with Crippen molar-refractivity contribution in [2.24, 2.45) is 5.10 Å². The van der Waals surface area contributed by atoms with E-state index in [2.05, 4.69) is 10.4 Å². The molecule has 0 aromatic heterocycles. The maximum absolute atomic E-state index is 13.0. The highest BCUT2D eigenvalue weighted by Gasteiger charge is 2.35. The van der Waals surface area contributed by atoms with Crippen molar-refractivity contribution < 1.29 is 14.0 Å². The van der Waals surface area contributed by atoms with Gasteiger partial charge < -0.3 is 5.32 Å². The normalized spacial score (nSPS) is 17.6. The Morgan fingerprint density at radius 2 is 2.04 bits per heavy atom. The molecule has 1 aliphatic heterocycles. The first-order valence-corrected chi connectivity index (χ1v) is 9.55. The third kappa shape index (κ3) is 4.76. The molecule has 0 radical (unpaired) electrons. The molecule has 6 nitrogen and oxygen atoms in total. The molecule has 2 N–H and O–H groups in total. The molecule has 1 atom stereocenters. The topological polar surface area (TPSA) is 85.6 Å². The van der Waals surface area contributed by atoms with Crippen LogP contribution < -0.4 is 5.32 Å². The Morgan fingerprint density at radius 1 is 1.32 bits per heavy atom. The van der Waals surface area contributed by atoms with E-state index < -0.39 is 11.2 Å². The summed E-state index contributed by atoms with van der Waals surface area (Å²) in [5, 5.41) is 15.5. The van der Waals surface area contributed by atoms with Crippen molar-refractivity contribution in [2.45, 2.75) is 18.6 Å². The molecule has 2 aromatic carbocycles. The summed E-state index contributed by atoms with van der Waals surface area (Å²) in [6.07, 6.45) is -0.0976. The Hall–Kier alpha value is -2.71.